The SMILES string of the molecule is CCCCCCCCCCCCCCCCCCCCCCCCCCC(O)C(COP(=O)([O-])OCC[N+](C)(C)C)NC(=O)CCCCCCCCCCC. The second-order valence-corrected chi connectivity index (χ2v) is 19.2. The van der Waals surface area contributed by atoms with Gasteiger partial charge in [0, 0.05) is 6.42 Å². The molecule has 0 radical (unpaired) electrons. The van der Waals surface area contributed by atoms with Crippen molar-refractivity contribution < 1.29 is 32.9 Å². The number of rotatable bonds is 44. The van der Waals surface area contributed by atoms with Gasteiger partial charge in [0.05, 0.1) is 39.9 Å². The molecule has 330 valence electrons. The lowest BCUT2D eigenvalue weighted by molar-refractivity contribution is -0.870. The maximum atomic E-state index is 12.8. The van der Waals surface area contributed by atoms with Gasteiger partial charge >= 0.3 is 0 Å². The average Bonchev–Trinajstić information content (AvgIpc) is 3.13. The normalized spacial score (nSPS) is 14.2. The maximum Gasteiger partial charge on any atom is 0.268 e. The van der Waals surface area contributed by atoms with Gasteiger partial charge < -0.3 is 28.8 Å². The smallest absolute Gasteiger partial charge is 0.268 e. The molecule has 3 unspecified atom stereocenters. The fraction of sp³-hybridized carbons (Fsp3) is 0.978. The van der Waals surface area contributed by atoms with Crippen LogP contribution in [0.3, 0.4) is 0 Å². The number of nitrogens with one attached hydrogen (secondary N) is 1. The van der Waals surface area contributed by atoms with Crippen LogP contribution in [0, 0.1) is 0 Å². The van der Waals surface area contributed by atoms with Gasteiger partial charge in [-0.15, -0.1) is 0 Å². The largest absolute Gasteiger partial charge is 0.756 e. The second-order valence-electron chi connectivity index (χ2n) is 17.8. The van der Waals surface area contributed by atoms with Crippen LogP contribution in [0.4, 0.5) is 0 Å². The molecule has 0 aliphatic rings. The Morgan fingerprint density at radius 3 is 1.24 bits per heavy atom. The van der Waals surface area contributed by atoms with Crippen molar-refractivity contribution in [2.24, 2.45) is 0 Å². The fourth-order valence-corrected chi connectivity index (χ4v) is 8.00. The van der Waals surface area contributed by atoms with Crippen LogP contribution in [0.1, 0.15) is 239 Å². The molecule has 0 aliphatic heterocycles. The van der Waals surface area contributed by atoms with E-state index in [0.29, 0.717) is 23.9 Å². The molecule has 0 bridgehead atoms. The van der Waals surface area contributed by atoms with Crippen LogP contribution >= 0.6 is 7.82 Å². The molecule has 0 rings (SSSR count). The molecule has 1 amide bonds. The van der Waals surface area contributed by atoms with Gasteiger partial charge in [-0.2, -0.15) is 0 Å². The summed E-state index contributed by atoms with van der Waals surface area (Å²) < 4.78 is 23.2. The Balaban J connectivity index is 4.11. The number of quaternary nitrogens is 1. The Kier molecular flexibility index (Phi) is 38.6. The molecule has 55 heavy (non-hydrogen) atoms. The standard InChI is InChI=1S/C46H95N2O6P/c1-6-8-10-12-14-16-17-18-19-20-21-22-23-24-25-26-27-28-29-30-32-33-35-37-39-45(49)44(43-54-55(51,52)53-42-41-48(3,4)5)47-46(50)40-38-36-34-31-15-13-11-9-7-2/h44-45,49H,6-43H2,1-5H3,(H-,47,50,51,52). The van der Waals surface area contributed by atoms with E-state index >= 15 is 0 Å². The van der Waals surface area contributed by atoms with Crippen LogP contribution in [0.25, 0.3) is 0 Å². The minimum Gasteiger partial charge on any atom is -0.756 e. The van der Waals surface area contributed by atoms with Gasteiger partial charge in [0.2, 0.25) is 5.91 Å². The lowest BCUT2D eigenvalue weighted by Crippen LogP contribution is -2.46. The molecule has 9 heteroatoms. The number of hydrogen-bond acceptors (Lipinski definition) is 6. The summed E-state index contributed by atoms with van der Waals surface area (Å²) >= 11 is 0. The van der Waals surface area contributed by atoms with E-state index < -0.39 is 20.0 Å². The number of amides is 1. The Hall–Kier alpha value is -0.500. The zero-order valence-electron chi connectivity index (χ0n) is 37.4. The first kappa shape index (κ1) is 54.5. The van der Waals surface area contributed by atoms with Crippen molar-refractivity contribution in [2.75, 3.05) is 40.9 Å². The Morgan fingerprint density at radius 1 is 0.564 bits per heavy atom. The quantitative estimate of drug-likeness (QED) is 0.0361. The lowest BCUT2D eigenvalue weighted by atomic mass is 10.0. The number of carbonyl (C=O) groups excluding carboxylic acids is 1. The molecule has 0 aromatic heterocycles. The van der Waals surface area contributed by atoms with E-state index in [-0.39, 0.29) is 19.1 Å². The first-order valence-corrected chi connectivity index (χ1v) is 25.3. The van der Waals surface area contributed by atoms with Gasteiger partial charge in [0.25, 0.3) is 7.82 Å². The van der Waals surface area contributed by atoms with Gasteiger partial charge in [-0.05, 0) is 12.8 Å². The van der Waals surface area contributed by atoms with Gasteiger partial charge in [-0.1, -0.05) is 219 Å². The fourth-order valence-electron chi connectivity index (χ4n) is 7.28. The number of hydrogen-bond donors (Lipinski definition) is 2. The molecule has 0 saturated heterocycles. The van der Waals surface area contributed by atoms with Gasteiger partial charge in [-0.25, -0.2) is 0 Å². The second kappa shape index (κ2) is 39.0. The first-order chi connectivity index (χ1) is 26.5. The number of likely N-dealkylation sites (N-methyl/N-ethyl adjacent to an activating group) is 1. The summed E-state index contributed by atoms with van der Waals surface area (Å²) in [6, 6.07) is -0.792. The number of phosphoric acid groups is 1. The number of nitrogens with zero attached hydrogens (tertiary/aromatic N) is 1. The zero-order valence-corrected chi connectivity index (χ0v) is 38.3. The van der Waals surface area contributed by atoms with Gasteiger partial charge in [-0.3, -0.25) is 9.36 Å². The minimum atomic E-state index is -4.55. The number of aliphatic hydroxyl groups excluding tert-OH is 1. The van der Waals surface area contributed by atoms with E-state index in [1.165, 1.54) is 173 Å². The highest BCUT2D eigenvalue weighted by atomic mass is 31.2. The summed E-state index contributed by atoms with van der Waals surface area (Å²) in [6.07, 6.45) is 42.7. The molecule has 0 heterocycles. The van der Waals surface area contributed by atoms with Crippen molar-refractivity contribution in [3.8, 4) is 0 Å². The molecule has 0 aliphatic carbocycles. The Bertz CT molecular complexity index is 870. The molecule has 0 saturated carbocycles. The molecule has 8 nitrogen and oxygen atoms in total. The van der Waals surface area contributed by atoms with Crippen LogP contribution in [0.15, 0.2) is 0 Å². The summed E-state index contributed by atoms with van der Waals surface area (Å²) in [5, 5.41) is 13.9. The number of phosphoric ester groups is 1. The third-order valence-electron chi connectivity index (χ3n) is 11.1. The van der Waals surface area contributed by atoms with Crippen molar-refractivity contribution in [1.29, 1.82) is 0 Å². The molecule has 2 N–H and O–H groups in total. The maximum absolute atomic E-state index is 12.8. The summed E-state index contributed by atoms with van der Waals surface area (Å²) in [5.41, 5.74) is 0. The lowest BCUT2D eigenvalue weighted by Gasteiger charge is -2.30. The summed E-state index contributed by atoms with van der Waals surface area (Å²) in [6.45, 7) is 4.72. The molecule has 0 spiro atoms. The van der Waals surface area contributed by atoms with Crippen molar-refractivity contribution in [1.82, 2.24) is 5.32 Å². The van der Waals surface area contributed by atoms with Crippen molar-refractivity contribution >= 4 is 13.7 Å². The monoisotopic (exact) mass is 803 g/mol. The van der Waals surface area contributed by atoms with E-state index in [1.807, 2.05) is 21.1 Å². The van der Waals surface area contributed by atoms with Crippen LogP contribution < -0.4 is 10.2 Å². The van der Waals surface area contributed by atoms with E-state index in [0.717, 1.165) is 38.5 Å². The topological polar surface area (TPSA) is 108 Å². The molecule has 0 aromatic carbocycles. The van der Waals surface area contributed by atoms with Crippen molar-refractivity contribution in [3.63, 3.8) is 0 Å². The van der Waals surface area contributed by atoms with E-state index in [4.69, 9.17) is 9.05 Å². The summed E-state index contributed by atoms with van der Waals surface area (Å²) in [5.74, 6) is -0.165. The van der Waals surface area contributed by atoms with E-state index in [1.54, 1.807) is 0 Å². The molecule has 3 atom stereocenters. The average molecular weight is 803 g/mol. The van der Waals surface area contributed by atoms with Crippen LogP contribution in [-0.2, 0) is 18.4 Å². The van der Waals surface area contributed by atoms with E-state index in [9.17, 15) is 19.4 Å². The summed E-state index contributed by atoms with van der Waals surface area (Å²) in [7, 11) is 1.32. The summed E-state index contributed by atoms with van der Waals surface area (Å²) in [4.78, 5) is 25.2. The van der Waals surface area contributed by atoms with Crippen LogP contribution in [0.5, 0.6) is 0 Å². The van der Waals surface area contributed by atoms with Crippen molar-refractivity contribution in [3.05, 3.63) is 0 Å². The predicted molar refractivity (Wildman–Crippen MR) is 233 cm³/mol. The molecule has 0 fully saturated rings. The molecule has 0 aromatic rings. The molecular weight excluding hydrogens is 707 g/mol. The number of unbranched alkanes of at least 4 members (excludes halogenated alkanes) is 31. The highest BCUT2D eigenvalue weighted by Gasteiger charge is 2.24. The highest BCUT2D eigenvalue weighted by molar-refractivity contribution is 7.45. The Labute approximate surface area is 342 Å². The number of carbonyl (C=O) groups is 1. The van der Waals surface area contributed by atoms with Gasteiger partial charge in [0.1, 0.15) is 13.2 Å². The third-order valence-corrected chi connectivity index (χ3v) is 12.1. The third kappa shape index (κ3) is 41.5. The highest BCUT2D eigenvalue weighted by Crippen LogP contribution is 2.38. The predicted octanol–water partition coefficient (Wildman–Crippen LogP) is 12.7. The van der Waals surface area contributed by atoms with Crippen LogP contribution in [-0.4, -0.2) is 68.5 Å². The number of aliphatic hydroxyl groups is 1. The zero-order chi connectivity index (χ0) is 40.7. The van der Waals surface area contributed by atoms with Gasteiger partial charge in [0.15, 0.2) is 0 Å². The van der Waals surface area contributed by atoms with Crippen LogP contribution in [0.2, 0.25) is 0 Å². The molecular formula is C46H95N2O6P. The minimum absolute atomic E-state index is 0.0159. The van der Waals surface area contributed by atoms with Crippen molar-refractivity contribution in [2.45, 2.75) is 251 Å². The first-order valence-electron chi connectivity index (χ1n) is 23.9. The van der Waals surface area contributed by atoms with E-state index in [2.05, 4.69) is 19.2 Å². The Morgan fingerprint density at radius 2 is 0.891 bits per heavy atom.